The Bertz CT molecular complexity index is 688. The van der Waals surface area contributed by atoms with Gasteiger partial charge in [-0.1, -0.05) is 85.6 Å². The van der Waals surface area contributed by atoms with E-state index in [1.54, 1.807) is 5.57 Å². The van der Waals surface area contributed by atoms with Gasteiger partial charge in [-0.15, -0.1) is 0 Å². The lowest BCUT2D eigenvalue weighted by molar-refractivity contribution is 0.274. The van der Waals surface area contributed by atoms with Crippen molar-refractivity contribution < 1.29 is 0 Å². The van der Waals surface area contributed by atoms with E-state index in [1.165, 1.54) is 23.7 Å². The highest BCUT2D eigenvalue weighted by Crippen LogP contribution is 2.49. The number of rotatable bonds is 6. The van der Waals surface area contributed by atoms with Crippen LogP contribution in [0.15, 0.2) is 48.2 Å². The van der Waals surface area contributed by atoms with E-state index >= 15 is 0 Å². The predicted molar refractivity (Wildman–Crippen MR) is 120 cm³/mol. The Balaban J connectivity index is 2.53. The van der Waals surface area contributed by atoms with E-state index in [0.717, 1.165) is 20.7 Å². The fraction of sp³-hybridized carbons (Fsp3) is 0.542. The van der Waals surface area contributed by atoms with Crippen molar-refractivity contribution in [1.82, 2.24) is 4.98 Å². The van der Waals surface area contributed by atoms with Crippen LogP contribution in [0.5, 0.6) is 0 Å². The number of aromatic nitrogens is 1. The summed E-state index contributed by atoms with van der Waals surface area (Å²) in [6.07, 6.45) is 14.9. The van der Waals surface area contributed by atoms with Crippen molar-refractivity contribution in [1.29, 1.82) is 0 Å². The molecule has 1 aliphatic carbocycles. The predicted octanol–water partition coefficient (Wildman–Crippen LogP) is 6.77. The molecule has 3 atom stereocenters. The number of hydrogen-bond acceptors (Lipinski definition) is 1. The maximum Gasteiger partial charge on any atom is 0.0665 e. The molecule has 0 amide bonds. The van der Waals surface area contributed by atoms with E-state index in [-0.39, 0.29) is 10.8 Å². The maximum atomic E-state index is 4.83. The quantitative estimate of drug-likeness (QED) is 0.398. The lowest BCUT2D eigenvalue weighted by Crippen LogP contribution is -2.30. The van der Waals surface area contributed by atoms with Crippen molar-refractivity contribution >= 4 is 19.5 Å². The molecule has 0 fully saturated rings. The second-order valence-electron chi connectivity index (χ2n) is 8.76. The lowest BCUT2D eigenvalue weighted by Gasteiger charge is -2.41. The summed E-state index contributed by atoms with van der Waals surface area (Å²) < 4.78 is 0. The molecular formula is C24H36NP. The number of pyridine rings is 1. The Morgan fingerprint density at radius 3 is 2.42 bits per heavy atom. The highest BCUT2D eigenvalue weighted by molar-refractivity contribution is 7.46. The third kappa shape index (κ3) is 4.74. The molecule has 0 aliphatic heterocycles. The standard InChI is InChI=1S/C24H36NP/c1-8-14-24(6,15-9-2)21-16-18(23(3,4)5)10-12-20(21)22-13-11-19(26-7)17-25-22/h8,10-14,17,21,26H,9,15-16H2,1-7H3. The topological polar surface area (TPSA) is 12.9 Å². The molecule has 2 rings (SSSR count). The minimum Gasteiger partial charge on any atom is -0.256 e. The summed E-state index contributed by atoms with van der Waals surface area (Å²) in [6.45, 7) is 16.1. The second-order valence-corrected chi connectivity index (χ2v) is 9.84. The Morgan fingerprint density at radius 1 is 1.19 bits per heavy atom. The first-order chi connectivity index (χ1) is 12.2. The first-order valence-electron chi connectivity index (χ1n) is 9.94. The van der Waals surface area contributed by atoms with Gasteiger partial charge in [0.05, 0.1) is 5.69 Å². The third-order valence-electron chi connectivity index (χ3n) is 5.71. The van der Waals surface area contributed by atoms with Gasteiger partial charge in [0, 0.05) is 6.20 Å². The van der Waals surface area contributed by atoms with E-state index in [0.29, 0.717) is 5.92 Å². The summed E-state index contributed by atoms with van der Waals surface area (Å²) in [5.74, 6) is 0.473. The average molecular weight is 370 g/mol. The molecule has 1 nitrogen and oxygen atoms in total. The van der Waals surface area contributed by atoms with Gasteiger partial charge in [-0.05, 0) is 60.1 Å². The van der Waals surface area contributed by atoms with Gasteiger partial charge in [-0.25, -0.2) is 0 Å². The second kappa shape index (κ2) is 8.66. The molecule has 26 heavy (non-hydrogen) atoms. The molecule has 1 heterocycles. The molecule has 3 unspecified atom stereocenters. The Kier molecular flexibility index (Phi) is 7.03. The largest absolute Gasteiger partial charge is 0.256 e. The average Bonchev–Trinajstić information content (AvgIpc) is 2.61. The van der Waals surface area contributed by atoms with Crippen molar-refractivity contribution in [2.24, 2.45) is 16.7 Å². The minimum atomic E-state index is 0.160. The molecular weight excluding hydrogens is 333 g/mol. The molecule has 1 aliphatic rings. The molecule has 0 radical (unpaired) electrons. The van der Waals surface area contributed by atoms with E-state index in [9.17, 15) is 0 Å². The summed E-state index contributed by atoms with van der Waals surface area (Å²) in [6, 6.07) is 4.47. The van der Waals surface area contributed by atoms with Crippen molar-refractivity contribution in [2.75, 3.05) is 6.66 Å². The van der Waals surface area contributed by atoms with Crippen LogP contribution in [-0.4, -0.2) is 11.6 Å². The van der Waals surface area contributed by atoms with Crippen LogP contribution in [0.2, 0.25) is 0 Å². The molecule has 0 bridgehead atoms. The fourth-order valence-electron chi connectivity index (χ4n) is 4.12. The Labute approximate surface area is 162 Å². The SMILES string of the molecule is CC=CC(C)(CCC)C1CC(C(C)(C)C)=CC=C1c1ccc(PC)cn1. The normalized spacial score (nSPS) is 21.1. The lowest BCUT2D eigenvalue weighted by atomic mass is 9.63. The zero-order chi connectivity index (χ0) is 19.4. The van der Waals surface area contributed by atoms with Gasteiger partial charge in [0.1, 0.15) is 0 Å². The molecule has 0 aromatic carbocycles. The van der Waals surface area contributed by atoms with Crippen LogP contribution in [0.4, 0.5) is 0 Å². The van der Waals surface area contributed by atoms with Crippen LogP contribution >= 0.6 is 8.58 Å². The van der Waals surface area contributed by atoms with Crippen LogP contribution in [-0.2, 0) is 0 Å². The number of nitrogens with zero attached hydrogens (tertiary/aromatic N) is 1. The van der Waals surface area contributed by atoms with Crippen LogP contribution < -0.4 is 5.30 Å². The molecule has 1 aromatic rings. The molecule has 0 saturated carbocycles. The zero-order valence-corrected chi connectivity index (χ0v) is 18.7. The number of allylic oxidation sites excluding steroid dienone is 6. The third-order valence-corrected chi connectivity index (χ3v) is 6.58. The van der Waals surface area contributed by atoms with E-state index in [1.807, 2.05) is 0 Å². The molecule has 142 valence electrons. The van der Waals surface area contributed by atoms with Gasteiger partial charge in [0.15, 0.2) is 0 Å². The molecule has 0 spiro atoms. The first kappa shape index (κ1) is 21.1. The van der Waals surface area contributed by atoms with Gasteiger partial charge in [0.2, 0.25) is 0 Å². The van der Waals surface area contributed by atoms with Crippen LogP contribution in [0.3, 0.4) is 0 Å². The van der Waals surface area contributed by atoms with Crippen molar-refractivity contribution in [3.05, 3.63) is 53.9 Å². The molecule has 2 heteroatoms. The van der Waals surface area contributed by atoms with Gasteiger partial charge in [0.25, 0.3) is 0 Å². The zero-order valence-electron chi connectivity index (χ0n) is 17.7. The Morgan fingerprint density at radius 2 is 1.92 bits per heavy atom. The highest BCUT2D eigenvalue weighted by Gasteiger charge is 2.38. The first-order valence-corrected chi connectivity index (χ1v) is 11.4. The summed E-state index contributed by atoms with van der Waals surface area (Å²) in [5.41, 5.74) is 4.47. The van der Waals surface area contributed by atoms with E-state index in [2.05, 4.69) is 90.8 Å². The number of hydrogen-bond donors (Lipinski definition) is 0. The van der Waals surface area contributed by atoms with Gasteiger partial charge in [-0.3, -0.25) is 4.98 Å². The van der Waals surface area contributed by atoms with E-state index in [4.69, 9.17) is 4.98 Å². The smallest absolute Gasteiger partial charge is 0.0665 e. The van der Waals surface area contributed by atoms with Crippen LogP contribution in [0.1, 0.15) is 66.5 Å². The van der Waals surface area contributed by atoms with Gasteiger partial charge in [-0.2, -0.15) is 0 Å². The summed E-state index contributed by atoms with van der Waals surface area (Å²) in [7, 11) is 0.802. The van der Waals surface area contributed by atoms with Crippen molar-refractivity contribution in [3.8, 4) is 0 Å². The monoisotopic (exact) mass is 369 g/mol. The van der Waals surface area contributed by atoms with Gasteiger partial charge >= 0.3 is 0 Å². The Hall–Kier alpha value is -1.20. The van der Waals surface area contributed by atoms with Crippen molar-refractivity contribution in [2.45, 2.75) is 60.8 Å². The van der Waals surface area contributed by atoms with Crippen molar-refractivity contribution in [3.63, 3.8) is 0 Å². The summed E-state index contributed by atoms with van der Waals surface area (Å²) in [4.78, 5) is 4.83. The van der Waals surface area contributed by atoms with E-state index < -0.39 is 0 Å². The highest BCUT2D eigenvalue weighted by atomic mass is 31.1. The summed E-state index contributed by atoms with van der Waals surface area (Å²) in [5, 5.41) is 1.33. The van der Waals surface area contributed by atoms with Gasteiger partial charge < -0.3 is 0 Å². The molecule has 0 saturated heterocycles. The molecule has 1 aromatic heterocycles. The minimum absolute atomic E-state index is 0.160. The van der Waals surface area contributed by atoms with Crippen LogP contribution in [0.25, 0.3) is 5.57 Å². The summed E-state index contributed by atoms with van der Waals surface area (Å²) >= 11 is 0. The van der Waals surface area contributed by atoms with Crippen LogP contribution in [0, 0.1) is 16.7 Å². The molecule has 0 N–H and O–H groups in total. The maximum absolute atomic E-state index is 4.83. The fourth-order valence-corrected chi connectivity index (χ4v) is 4.56.